The van der Waals surface area contributed by atoms with Gasteiger partial charge >= 0.3 is 0 Å². The largest absolute Gasteiger partial charge is 0.383 e. The lowest BCUT2D eigenvalue weighted by Crippen LogP contribution is -2.27. The molecule has 0 aliphatic carbocycles. The van der Waals surface area contributed by atoms with Gasteiger partial charge in [-0.15, -0.1) is 0 Å². The van der Waals surface area contributed by atoms with E-state index in [2.05, 4.69) is 4.98 Å². The lowest BCUT2D eigenvalue weighted by molar-refractivity contribution is 0.0743. The van der Waals surface area contributed by atoms with Crippen molar-refractivity contribution >= 4 is 11.6 Å². The summed E-state index contributed by atoms with van der Waals surface area (Å²) >= 11 is 0. The van der Waals surface area contributed by atoms with Gasteiger partial charge < -0.3 is 10.5 Å². The fraction of sp³-hybridized carbons (Fsp3) is 0.538. The summed E-state index contributed by atoms with van der Waals surface area (Å²) in [4.78, 5) is 16.5. The van der Waals surface area contributed by atoms with Gasteiger partial charge in [-0.05, 0) is 37.8 Å². The molecule has 0 spiro atoms. The van der Waals surface area contributed by atoms with E-state index in [1.807, 2.05) is 13.0 Å². The Hall–Kier alpha value is -1.42. The third-order valence-corrected chi connectivity index (χ3v) is 3.88. The molecule has 2 aliphatic rings. The fourth-order valence-electron chi connectivity index (χ4n) is 3.00. The number of hydrogen-bond donors (Lipinski definition) is 1. The van der Waals surface area contributed by atoms with Crippen molar-refractivity contribution in [3.05, 3.63) is 23.4 Å². The first-order valence-electron chi connectivity index (χ1n) is 6.07. The number of rotatable bonds is 2. The molecule has 90 valence electrons. The number of nitrogen functional groups attached to an aromatic ring is 1. The molecule has 3 atom stereocenters. The normalized spacial score (nSPS) is 30.8. The fourth-order valence-corrected chi connectivity index (χ4v) is 3.00. The standard InChI is InChI=1S/C13H16N2O2/c1-7-4-5-15-13(14)11(7)12(16)9-6-8-2-3-10(9)17-8/h4-5,8-10H,2-3,6H2,1H3,(H2,14,15). The molecular weight excluding hydrogens is 216 g/mol. The second-order valence-corrected chi connectivity index (χ2v) is 4.97. The summed E-state index contributed by atoms with van der Waals surface area (Å²) in [5.74, 6) is 0.442. The van der Waals surface area contributed by atoms with Crippen LogP contribution in [0.2, 0.25) is 0 Å². The number of anilines is 1. The van der Waals surface area contributed by atoms with Crippen LogP contribution in [-0.2, 0) is 4.74 Å². The van der Waals surface area contributed by atoms with Gasteiger partial charge in [0.25, 0.3) is 0 Å². The van der Waals surface area contributed by atoms with Crippen molar-refractivity contribution in [3.63, 3.8) is 0 Å². The Morgan fingerprint density at radius 1 is 1.53 bits per heavy atom. The van der Waals surface area contributed by atoms with Gasteiger partial charge in [0.1, 0.15) is 5.82 Å². The van der Waals surface area contributed by atoms with Gasteiger partial charge in [0, 0.05) is 6.20 Å². The zero-order valence-corrected chi connectivity index (χ0v) is 9.85. The van der Waals surface area contributed by atoms with E-state index in [9.17, 15) is 4.79 Å². The Morgan fingerprint density at radius 2 is 2.35 bits per heavy atom. The van der Waals surface area contributed by atoms with E-state index in [-0.39, 0.29) is 23.9 Å². The minimum atomic E-state index is -0.0149. The van der Waals surface area contributed by atoms with Crippen molar-refractivity contribution in [1.82, 2.24) is 4.98 Å². The van der Waals surface area contributed by atoms with Gasteiger partial charge in [0.15, 0.2) is 5.78 Å². The SMILES string of the molecule is Cc1ccnc(N)c1C(=O)C1CC2CCC1O2. The van der Waals surface area contributed by atoms with Gasteiger partial charge in [-0.2, -0.15) is 0 Å². The van der Waals surface area contributed by atoms with Crippen molar-refractivity contribution in [3.8, 4) is 0 Å². The van der Waals surface area contributed by atoms with Crippen LogP contribution in [0.5, 0.6) is 0 Å². The van der Waals surface area contributed by atoms with Crippen LogP contribution < -0.4 is 5.73 Å². The Labute approximate surface area is 100 Å². The van der Waals surface area contributed by atoms with Gasteiger partial charge in [-0.1, -0.05) is 0 Å². The number of nitrogens with zero attached hydrogens (tertiary/aromatic N) is 1. The first-order chi connectivity index (χ1) is 8.16. The van der Waals surface area contributed by atoms with Crippen LogP contribution in [0.4, 0.5) is 5.82 Å². The second-order valence-electron chi connectivity index (χ2n) is 4.97. The topological polar surface area (TPSA) is 65.2 Å². The lowest BCUT2D eigenvalue weighted by atomic mass is 9.83. The highest BCUT2D eigenvalue weighted by atomic mass is 16.5. The number of pyridine rings is 1. The van der Waals surface area contributed by atoms with Crippen LogP contribution in [0.1, 0.15) is 35.2 Å². The third-order valence-electron chi connectivity index (χ3n) is 3.88. The molecule has 3 unspecified atom stereocenters. The Balaban J connectivity index is 1.92. The van der Waals surface area contributed by atoms with Crippen molar-refractivity contribution in [1.29, 1.82) is 0 Å². The lowest BCUT2D eigenvalue weighted by Gasteiger charge is -2.18. The molecule has 3 heterocycles. The average molecular weight is 232 g/mol. The molecule has 4 heteroatoms. The number of Topliss-reactive ketones (excluding diaryl/α,β-unsaturated/α-hetero) is 1. The molecule has 2 fully saturated rings. The van der Waals surface area contributed by atoms with Crippen LogP contribution in [-0.4, -0.2) is 23.0 Å². The van der Waals surface area contributed by atoms with Gasteiger partial charge in [0.05, 0.1) is 23.7 Å². The number of carbonyl (C=O) groups excluding carboxylic acids is 1. The van der Waals surface area contributed by atoms with Crippen molar-refractivity contribution in [2.45, 2.75) is 38.4 Å². The smallest absolute Gasteiger partial charge is 0.172 e. The molecule has 0 aromatic carbocycles. The van der Waals surface area contributed by atoms with E-state index >= 15 is 0 Å². The number of hydrogen-bond acceptors (Lipinski definition) is 4. The molecule has 3 rings (SSSR count). The Kier molecular flexibility index (Phi) is 2.40. The molecular formula is C13H16N2O2. The van der Waals surface area contributed by atoms with Crippen molar-refractivity contribution < 1.29 is 9.53 Å². The number of ketones is 1. The molecule has 17 heavy (non-hydrogen) atoms. The molecule has 2 bridgehead atoms. The number of nitrogens with two attached hydrogens (primary N) is 1. The number of aromatic nitrogens is 1. The quantitative estimate of drug-likeness (QED) is 0.788. The highest BCUT2D eigenvalue weighted by Gasteiger charge is 2.45. The maximum Gasteiger partial charge on any atom is 0.172 e. The van der Waals surface area contributed by atoms with Crippen molar-refractivity contribution in [2.24, 2.45) is 5.92 Å². The molecule has 0 saturated carbocycles. The van der Waals surface area contributed by atoms with Crippen LogP contribution >= 0.6 is 0 Å². The summed E-state index contributed by atoms with van der Waals surface area (Å²) in [7, 11) is 0. The first kappa shape index (κ1) is 10.7. The zero-order valence-electron chi connectivity index (χ0n) is 9.85. The minimum absolute atomic E-state index is 0.0149. The monoisotopic (exact) mass is 232 g/mol. The number of aryl methyl sites for hydroxylation is 1. The number of fused-ring (bicyclic) bond motifs is 2. The predicted octanol–water partition coefficient (Wildman–Crippen LogP) is 1.72. The second kappa shape index (κ2) is 3.81. The molecule has 0 amide bonds. The average Bonchev–Trinajstić information content (AvgIpc) is 2.90. The summed E-state index contributed by atoms with van der Waals surface area (Å²) in [6, 6.07) is 1.83. The van der Waals surface area contributed by atoms with E-state index in [4.69, 9.17) is 10.5 Å². The first-order valence-corrected chi connectivity index (χ1v) is 6.07. The van der Waals surface area contributed by atoms with E-state index in [1.165, 1.54) is 0 Å². The molecule has 2 aliphatic heterocycles. The molecule has 4 nitrogen and oxygen atoms in total. The van der Waals surface area contributed by atoms with Crippen LogP contribution in [0.25, 0.3) is 0 Å². The van der Waals surface area contributed by atoms with E-state index < -0.39 is 0 Å². The molecule has 1 aromatic rings. The maximum atomic E-state index is 12.5. The van der Waals surface area contributed by atoms with Crippen LogP contribution in [0.3, 0.4) is 0 Å². The maximum absolute atomic E-state index is 12.5. The van der Waals surface area contributed by atoms with Crippen LogP contribution in [0.15, 0.2) is 12.3 Å². The predicted molar refractivity (Wildman–Crippen MR) is 63.7 cm³/mol. The summed E-state index contributed by atoms with van der Waals surface area (Å²) in [6.45, 7) is 1.90. The van der Waals surface area contributed by atoms with Crippen molar-refractivity contribution in [2.75, 3.05) is 5.73 Å². The Morgan fingerprint density at radius 3 is 2.94 bits per heavy atom. The summed E-state index contributed by atoms with van der Waals surface area (Å²) < 4.78 is 5.73. The summed E-state index contributed by atoms with van der Waals surface area (Å²) in [5.41, 5.74) is 7.31. The minimum Gasteiger partial charge on any atom is -0.383 e. The molecule has 0 radical (unpaired) electrons. The highest BCUT2D eigenvalue weighted by Crippen LogP contribution is 2.40. The van der Waals surface area contributed by atoms with Gasteiger partial charge in [-0.3, -0.25) is 4.79 Å². The Bertz CT molecular complexity index is 452. The molecule has 1 aromatic heterocycles. The number of ether oxygens (including phenoxy) is 1. The van der Waals surface area contributed by atoms with Crippen LogP contribution in [0, 0.1) is 12.8 Å². The molecule has 2 saturated heterocycles. The third kappa shape index (κ3) is 1.63. The zero-order chi connectivity index (χ0) is 12.0. The summed E-state index contributed by atoms with van der Waals surface area (Å²) in [5, 5.41) is 0. The van der Waals surface area contributed by atoms with Gasteiger partial charge in [0.2, 0.25) is 0 Å². The van der Waals surface area contributed by atoms with E-state index in [1.54, 1.807) is 6.20 Å². The summed E-state index contributed by atoms with van der Waals surface area (Å²) in [6.07, 6.45) is 4.96. The van der Waals surface area contributed by atoms with Gasteiger partial charge in [-0.25, -0.2) is 4.98 Å². The van der Waals surface area contributed by atoms with E-state index in [0.29, 0.717) is 11.4 Å². The van der Waals surface area contributed by atoms with E-state index in [0.717, 1.165) is 24.8 Å². The number of carbonyl (C=O) groups is 1. The molecule has 2 N–H and O–H groups in total. The highest BCUT2D eigenvalue weighted by molar-refractivity contribution is 6.03.